The summed E-state index contributed by atoms with van der Waals surface area (Å²) in [5.74, 6) is 0.534. The van der Waals surface area contributed by atoms with E-state index in [2.05, 4.69) is 43.6 Å². The van der Waals surface area contributed by atoms with Crippen molar-refractivity contribution in [2.75, 3.05) is 13.2 Å². The number of unbranched alkanes of at least 4 members (excludes halogenated alkanes) is 9. The molecule has 1 aromatic heterocycles. The van der Waals surface area contributed by atoms with Crippen molar-refractivity contribution in [3.8, 4) is 16.9 Å². The molecule has 0 atom stereocenters. The zero-order chi connectivity index (χ0) is 26.3. The number of benzene rings is 2. The highest BCUT2D eigenvalue weighted by Crippen LogP contribution is 2.38. The fraction of sp³-hybridized carbons (Fsp3) is 0.500. The standard InChI is InChI=1S/C28H37BrClN5O2/c1-2-3-4-5-6-7-8-9-10-11-15-31-28(36)23-19-25(22-13-12-14-24(30)18-22)27(26(29)20-23)37-17-16-35-33-21-32-34-35/h12-14,18-21H,2-11,15-17H2,1H3,(H,31,36). The number of amides is 1. The zero-order valence-corrected chi connectivity index (χ0v) is 23.9. The maximum atomic E-state index is 13.0. The normalized spacial score (nSPS) is 11.0. The fourth-order valence-electron chi connectivity index (χ4n) is 4.18. The Hall–Kier alpha value is -2.45. The molecule has 3 rings (SSSR count). The van der Waals surface area contributed by atoms with Crippen molar-refractivity contribution in [1.29, 1.82) is 0 Å². The van der Waals surface area contributed by atoms with Crippen LogP contribution in [0.4, 0.5) is 0 Å². The molecule has 3 aromatic rings. The predicted octanol–water partition coefficient (Wildman–Crippen LogP) is 7.49. The summed E-state index contributed by atoms with van der Waals surface area (Å²) < 4.78 is 6.79. The third kappa shape index (κ3) is 10.1. The Bertz CT molecular complexity index is 1090. The van der Waals surface area contributed by atoms with E-state index >= 15 is 0 Å². The lowest BCUT2D eigenvalue weighted by Gasteiger charge is -2.16. The molecule has 0 saturated carbocycles. The van der Waals surface area contributed by atoms with E-state index in [4.69, 9.17) is 16.3 Å². The van der Waals surface area contributed by atoms with Crippen molar-refractivity contribution in [3.05, 3.63) is 57.8 Å². The molecule has 37 heavy (non-hydrogen) atoms. The molecule has 0 radical (unpaired) electrons. The van der Waals surface area contributed by atoms with Gasteiger partial charge >= 0.3 is 0 Å². The molecule has 0 unspecified atom stereocenters. The summed E-state index contributed by atoms with van der Waals surface area (Å²) in [6, 6.07) is 11.2. The van der Waals surface area contributed by atoms with Gasteiger partial charge in [0.25, 0.3) is 5.91 Å². The Balaban J connectivity index is 1.54. The second-order valence-electron chi connectivity index (χ2n) is 9.16. The Kier molecular flexibility index (Phi) is 12.9. The highest BCUT2D eigenvalue weighted by molar-refractivity contribution is 9.10. The van der Waals surface area contributed by atoms with E-state index in [9.17, 15) is 4.79 Å². The lowest BCUT2D eigenvalue weighted by molar-refractivity contribution is 0.0953. The summed E-state index contributed by atoms with van der Waals surface area (Å²) in [7, 11) is 0. The molecule has 0 aliphatic heterocycles. The molecule has 0 aliphatic carbocycles. The highest BCUT2D eigenvalue weighted by Gasteiger charge is 2.17. The molecule has 0 spiro atoms. The average Bonchev–Trinajstić information content (AvgIpc) is 3.41. The summed E-state index contributed by atoms with van der Waals surface area (Å²) in [6.45, 7) is 3.71. The lowest BCUT2D eigenvalue weighted by Crippen LogP contribution is -2.24. The van der Waals surface area contributed by atoms with Gasteiger partial charge in [-0.05, 0) is 57.4 Å². The van der Waals surface area contributed by atoms with Gasteiger partial charge in [0.05, 0.1) is 11.0 Å². The average molecular weight is 591 g/mol. The van der Waals surface area contributed by atoms with Gasteiger partial charge in [0.1, 0.15) is 12.4 Å². The topological polar surface area (TPSA) is 81.9 Å². The molecular weight excluding hydrogens is 554 g/mol. The predicted molar refractivity (Wildman–Crippen MR) is 152 cm³/mol. The summed E-state index contributed by atoms with van der Waals surface area (Å²) in [4.78, 5) is 14.4. The minimum Gasteiger partial charge on any atom is -0.490 e. The third-order valence-corrected chi connectivity index (χ3v) is 7.01. The Morgan fingerprint density at radius 1 is 1.03 bits per heavy atom. The van der Waals surface area contributed by atoms with E-state index in [1.165, 1.54) is 62.5 Å². The number of carbonyl (C=O) groups excluding carboxylic acids is 1. The van der Waals surface area contributed by atoms with Crippen molar-refractivity contribution in [3.63, 3.8) is 0 Å². The number of halogens is 2. The van der Waals surface area contributed by atoms with Crippen LogP contribution in [0.25, 0.3) is 11.1 Å². The molecule has 2 aromatic carbocycles. The lowest BCUT2D eigenvalue weighted by atomic mass is 10.0. The third-order valence-electron chi connectivity index (χ3n) is 6.19. The van der Waals surface area contributed by atoms with Crippen LogP contribution in [0.15, 0.2) is 47.2 Å². The Labute approximate surface area is 233 Å². The van der Waals surface area contributed by atoms with E-state index < -0.39 is 0 Å². The molecule has 0 aliphatic rings. The van der Waals surface area contributed by atoms with Gasteiger partial charge in [-0.3, -0.25) is 4.79 Å². The highest BCUT2D eigenvalue weighted by atomic mass is 79.9. The minimum atomic E-state index is -0.0988. The van der Waals surface area contributed by atoms with Crippen LogP contribution in [0.2, 0.25) is 5.02 Å². The number of nitrogens with one attached hydrogen (secondary N) is 1. The van der Waals surface area contributed by atoms with E-state index in [1.54, 1.807) is 6.07 Å². The van der Waals surface area contributed by atoms with E-state index in [1.807, 2.05) is 30.3 Å². The molecular formula is C28H37BrClN5O2. The molecule has 0 fully saturated rings. The smallest absolute Gasteiger partial charge is 0.251 e. The van der Waals surface area contributed by atoms with Crippen LogP contribution in [0.5, 0.6) is 5.75 Å². The Morgan fingerprint density at radius 2 is 1.76 bits per heavy atom. The SMILES string of the molecule is CCCCCCCCCCCCNC(=O)c1cc(Br)c(OCCn2ncnn2)c(-c2cccc(Cl)c2)c1. The molecule has 1 N–H and O–H groups in total. The summed E-state index contributed by atoms with van der Waals surface area (Å²) >= 11 is 9.87. The van der Waals surface area contributed by atoms with Crippen LogP contribution in [0.1, 0.15) is 81.5 Å². The molecule has 200 valence electrons. The first-order chi connectivity index (χ1) is 18.1. The van der Waals surface area contributed by atoms with Crippen molar-refractivity contribution in [2.24, 2.45) is 0 Å². The first kappa shape index (κ1) is 29.1. The van der Waals surface area contributed by atoms with Gasteiger partial charge in [-0.1, -0.05) is 88.4 Å². The minimum absolute atomic E-state index is 0.0988. The van der Waals surface area contributed by atoms with E-state index in [-0.39, 0.29) is 5.91 Å². The second-order valence-corrected chi connectivity index (χ2v) is 10.5. The van der Waals surface area contributed by atoms with Crippen LogP contribution in [-0.2, 0) is 6.54 Å². The molecule has 7 nitrogen and oxygen atoms in total. The summed E-state index contributed by atoms with van der Waals surface area (Å²) in [5, 5.41) is 15.3. The first-order valence-electron chi connectivity index (χ1n) is 13.3. The first-order valence-corrected chi connectivity index (χ1v) is 14.5. The van der Waals surface area contributed by atoms with E-state index in [0.717, 1.165) is 24.0 Å². The number of hydrogen-bond donors (Lipinski definition) is 1. The van der Waals surface area contributed by atoms with Crippen molar-refractivity contribution in [1.82, 2.24) is 25.5 Å². The van der Waals surface area contributed by atoms with Crippen LogP contribution in [0.3, 0.4) is 0 Å². The number of tetrazole rings is 1. The monoisotopic (exact) mass is 589 g/mol. The van der Waals surface area contributed by atoms with Gasteiger partial charge in [-0.15, -0.1) is 10.2 Å². The molecule has 1 heterocycles. The van der Waals surface area contributed by atoms with Gasteiger partial charge < -0.3 is 10.1 Å². The second kappa shape index (κ2) is 16.4. The zero-order valence-electron chi connectivity index (χ0n) is 21.6. The van der Waals surface area contributed by atoms with Crippen LogP contribution in [0, 0.1) is 0 Å². The molecule has 1 amide bonds. The number of nitrogens with zero attached hydrogens (tertiary/aromatic N) is 4. The maximum absolute atomic E-state index is 13.0. The van der Waals surface area contributed by atoms with Crippen molar-refractivity contribution in [2.45, 2.75) is 77.7 Å². The molecule has 0 saturated heterocycles. The molecule has 0 bridgehead atoms. The van der Waals surface area contributed by atoms with Crippen molar-refractivity contribution < 1.29 is 9.53 Å². The van der Waals surface area contributed by atoms with Crippen LogP contribution in [-0.4, -0.2) is 39.3 Å². The summed E-state index contributed by atoms with van der Waals surface area (Å²) in [6.07, 6.45) is 14.1. The quantitative estimate of drug-likeness (QED) is 0.165. The fourth-order valence-corrected chi connectivity index (χ4v) is 4.94. The van der Waals surface area contributed by atoms with Gasteiger partial charge in [-0.2, -0.15) is 4.80 Å². The maximum Gasteiger partial charge on any atom is 0.251 e. The Morgan fingerprint density at radius 3 is 2.43 bits per heavy atom. The number of aromatic nitrogens is 4. The molecule has 9 heteroatoms. The number of carbonyl (C=O) groups is 1. The van der Waals surface area contributed by atoms with E-state index in [0.29, 0.717) is 40.5 Å². The van der Waals surface area contributed by atoms with Crippen LogP contribution >= 0.6 is 27.5 Å². The number of rotatable bonds is 17. The van der Waals surface area contributed by atoms with Gasteiger partial charge in [-0.25, -0.2) is 0 Å². The number of ether oxygens (including phenoxy) is 1. The van der Waals surface area contributed by atoms with Crippen LogP contribution < -0.4 is 10.1 Å². The van der Waals surface area contributed by atoms with Gasteiger partial charge in [0.15, 0.2) is 6.33 Å². The largest absolute Gasteiger partial charge is 0.490 e. The van der Waals surface area contributed by atoms with Gasteiger partial charge in [0, 0.05) is 22.7 Å². The summed E-state index contributed by atoms with van der Waals surface area (Å²) in [5.41, 5.74) is 2.22. The van der Waals surface area contributed by atoms with Gasteiger partial charge in [0.2, 0.25) is 0 Å². The number of hydrogen-bond acceptors (Lipinski definition) is 5. The van der Waals surface area contributed by atoms with Crippen molar-refractivity contribution >= 4 is 33.4 Å².